The first-order chi connectivity index (χ1) is 12.4. The maximum absolute atomic E-state index is 13.6. The number of hydrogen-bond donors (Lipinski definition) is 1. The van der Waals surface area contributed by atoms with E-state index in [2.05, 4.69) is 10.2 Å². The number of carbonyl (C=O) groups excluding carboxylic acids is 1. The highest BCUT2D eigenvalue weighted by Crippen LogP contribution is 2.24. The van der Waals surface area contributed by atoms with E-state index in [0.717, 1.165) is 38.0 Å². The van der Waals surface area contributed by atoms with Gasteiger partial charge in [-0.25, -0.2) is 4.39 Å². The Kier molecular flexibility index (Phi) is 6.17. The van der Waals surface area contributed by atoms with Crippen molar-refractivity contribution >= 4 is 29.1 Å². The fourth-order valence-electron chi connectivity index (χ4n) is 3.25. The normalized spacial score (nSPS) is 15.8. The molecule has 0 bridgehead atoms. The van der Waals surface area contributed by atoms with Gasteiger partial charge < -0.3 is 5.32 Å². The molecular formula is C20H21Cl2FN2O. The molecule has 0 spiro atoms. The van der Waals surface area contributed by atoms with E-state index in [4.69, 9.17) is 23.2 Å². The Bertz CT molecular complexity index is 804. The summed E-state index contributed by atoms with van der Waals surface area (Å²) in [6, 6.07) is 10.4. The van der Waals surface area contributed by atoms with Crippen LogP contribution in [0.5, 0.6) is 0 Å². The van der Waals surface area contributed by atoms with Gasteiger partial charge >= 0.3 is 0 Å². The molecule has 6 heteroatoms. The SMILES string of the molecule is Cc1c(F)cccc1C(=O)NC1CCN(Cc2ccc(Cl)c(Cl)c2)CC1. The van der Waals surface area contributed by atoms with Crippen molar-refractivity contribution in [3.63, 3.8) is 0 Å². The van der Waals surface area contributed by atoms with Crippen LogP contribution in [0.1, 0.15) is 34.3 Å². The molecule has 1 heterocycles. The van der Waals surface area contributed by atoms with Crippen LogP contribution in [0.3, 0.4) is 0 Å². The number of piperidine rings is 1. The minimum absolute atomic E-state index is 0.107. The van der Waals surface area contributed by atoms with Crippen LogP contribution >= 0.6 is 23.2 Å². The van der Waals surface area contributed by atoms with Crippen molar-refractivity contribution in [1.82, 2.24) is 10.2 Å². The lowest BCUT2D eigenvalue weighted by Gasteiger charge is -2.32. The number of likely N-dealkylation sites (tertiary alicyclic amines) is 1. The van der Waals surface area contributed by atoms with E-state index in [1.165, 1.54) is 6.07 Å². The van der Waals surface area contributed by atoms with Gasteiger partial charge in [0.2, 0.25) is 0 Å². The molecule has 26 heavy (non-hydrogen) atoms. The van der Waals surface area contributed by atoms with Gasteiger partial charge in [-0.3, -0.25) is 9.69 Å². The fraction of sp³-hybridized carbons (Fsp3) is 0.350. The Balaban J connectivity index is 1.52. The predicted molar refractivity (Wildman–Crippen MR) is 103 cm³/mol. The molecule has 1 saturated heterocycles. The molecule has 1 aliphatic rings. The van der Waals surface area contributed by atoms with Gasteiger partial charge in [0.1, 0.15) is 5.82 Å². The largest absolute Gasteiger partial charge is 0.349 e. The van der Waals surface area contributed by atoms with Crippen molar-refractivity contribution in [2.75, 3.05) is 13.1 Å². The molecule has 3 rings (SSSR count). The van der Waals surface area contributed by atoms with Gasteiger partial charge in [0, 0.05) is 31.2 Å². The van der Waals surface area contributed by atoms with Gasteiger partial charge in [0.25, 0.3) is 5.91 Å². The molecule has 0 aromatic heterocycles. The van der Waals surface area contributed by atoms with Gasteiger partial charge in [-0.05, 0) is 55.2 Å². The Morgan fingerprint density at radius 1 is 1.19 bits per heavy atom. The third-order valence-electron chi connectivity index (χ3n) is 4.83. The van der Waals surface area contributed by atoms with Gasteiger partial charge in [-0.2, -0.15) is 0 Å². The van der Waals surface area contributed by atoms with E-state index in [-0.39, 0.29) is 17.8 Å². The predicted octanol–water partition coefficient (Wildman–Crippen LogP) is 4.84. The zero-order valence-electron chi connectivity index (χ0n) is 14.6. The highest BCUT2D eigenvalue weighted by Gasteiger charge is 2.22. The summed E-state index contributed by atoms with van der Waals surface area (Å²) in [5.74, 6) is -0.556. The average molecular weight is 395 g/mol. The monoisotopic (exact) mass is 394 g/mol. The first-order valence-corrected chi connectivity index (χ1v) is 9.42. The highest BCUT2D eigenvalue weighted by atomic mass is 35.5. The van der Waals surface area contributed by atoms with E-state index in [1.807, 2.05) is 18.2 Å². The molecule has 1 N–H and O–H groups in total. The van der Waals surface area contributed by atoms with Crippen LogP contribution in [-0.4, -0.2) is 29.9 Å². The van der Waals surface area contributed by atoms with Crippen LogP contribution < -0.4 is 5.32 Å². The number of benzene rings is 2. The number of amides is 1. The maximum atomic E-state index is 13.6. The number of hydrogen-bond acceptors (Lipinski definition) is 2. The topological polar surface area (TPSA) is 32.3 Å². The molecular weight excluding hydrogens is 374 g/mol. The number of nitrogens with one attached hydrogen (secondary N) is 1. The maximum Gasteiger partial charge on any atom is 0.251 e. The molecule has 0 radical (unpaired) electrons. The first-order valence-electron chi connectivity index (χ1n) is 8.66. The number of carbonyl (C=O) groups is 1. The van der Waals surface area contributed by atoms with Crippen molar-refractivity contribution in [3.05, 3.63) is 69.0 Å². The lowest BCUT2D eigenvalue weighted by Crippen LogP contribution is -2.44. The summed E-state index contributed by atoms with van der Waals surface area (Å²) >= 11 is 12.0. The summed E-state index contributed by atoms with van der Waals surface area (Å²) in [7, 11) is 0. The minimum atomic E-state index is -0.353. The number of halogens is 3. The molecule has 1 aliphatic heterocycles. The zero-order valence-corrected chi connectivity index (χ0v) is 16.1. The lowest BCUT2D eigenvalue weighted by molar-refractivity contribution is 0.0908. The summed E-state index contributed by atoms with van der Waals surface area (Å²) in [5.41, 5.74) is 1.92. The van der Waals surface area contributed by atoms with Gasteiger partial charge in [0.05, 0.1) is 10.0 Å². The summed E-state index contributed by atoms with van der Waals surface area (Å²) in [4.78, 5) is 14.7. The van der Waals surface area contributed by atoms with Crippen LogP contribution in [-0.2, 0) is 6.54 Å². The van der Waals surface area contributed by atoms with Crippen LogP contribution in [0.25, 0.3) is 0 Å². The molecule has 2 aromatic rings. The molecule has 1 amide bonds. The van der Waals surface area contributed by atoms with Gasteiger partial charge in [0.15, 0.2) is 0 Å². The first kappa shape index (κ1) is 19.2. The van der Waals surface area contributed by atoms with Crippen molar-refractivity contribution < 1.29 is 9.18 Å². The second-order valence-electron chi connectivity index (χ2n) is 6.68. The van der Waals surface area contributed by atoms with Crippen LogP contribution in [0.15, 0.2) is 36.4 Å². The molecule has 0 atom stereocenters. The minimum Gasteiger partial charge on any atom is -0.349 e. The Morgan fingerprint density at radius 3 is 2.62 bits per heavy atom. The van der Waals surface area contributed by atoms with Crippen molar-refractivity contribution in [2.24, 2.45) is 0 Å². The Labute approximate surface area is 163 Å². The third-order valence-corrected chi connectivity index (χ3v) is 5.56. The molecule has 1 fully saturated rings. The summed E-state index contributed by atoms with van der Waals surface area (Å²) in [5, 5.41) is 4.16. The summed E-state index contributed by atoms with van der Waals surface area (Å²) < 4.78 is 13.6. The Hall–Kier alpha value is -1.62. The zero-order chi connectivity index (χ0) is 18.7. The highest BCUT2D eigenvalue weighted by molar-refractivity contribution is 6.42. The fourth-order valence-corrected chi connectivity index (χ4v) is 3.57. The van der Waals surface area contributed by atoms with E-state index in [9.17, 15) is 9.18 Å². The van der Waals surface area contributed by atoms with Crippen molar-refractivity contribution in [2.45, 2.75) is 32.4 Å². The molecule has 2 aromatic carbocycles. The average Bonchev–Trinajstić information content (AvgIpc) is 2.62. The summed E-state index contributed by atoms with van der Waals surface area (Å²) in [6.07, 6.45) is 1.73. The van der Waals surface area contributed by atoms with E-state index in [1.54, 1.807) is 19.1 Å². The van der Waals surface area contributed by atoms with E-state index >= 15 is 0 Å². The summed E-state index contributed by atoms with van der Waals surface area (Å²) in [6.45, 7) is 4.20. The molecule has 0 aliphatic carbocycles. The van der Waals surface area contributed by atoms with Crippen molar-refractivity contribution in [3.8, 4) is 0 Å². The van der Waals surface area contributed by atoms with E-state index < -0.39 is 0 Å². The van der Waals surface area contributed by atoms with Gasteiger partial charge in [-0.1, -0.05) is 35.3 Å². The second-order valence-corrected chi connectivity index (χ2v) is 7.50. The van der Waals surface area contributed by atoms with Crippen LogP contribution in [0.2, 0.25) is 10.0 Å². The third kappa shape index (κ3) is 4.56. The molecule has 138 valence electrons. The Morgan fingerprint density at radius 2 is 1.92 bits per heavy atom. The van der Waals surface area contributed by atoms with Crippen molar-refractivity contribution in [1.29, 1.82) is 0 Å². The molecule has 3 nitrogen and oxygen atoms in total. The smallest absolute Gasteiger partial charge is 0.251 e. The lowest BCUT2D eigenvalue weighted by atomic mass is 10.0. The quantitative estimate of drug-likeness (QED) is 0.804. The van der Waals surface area contributed by atoms with Crippen LogP contribution in [0, 0.1) is 12.7 Å². The number of nitrogens with zero attached hydrogens (tertiary/aromatic N) is 1. The second kappa shape index (κ2) is 8.38. The standard InChI is InChI=1S/C20H21Cl2FN2O/c1-13-16(3-2-4-19(13)23)20(26)24-15-7-9-25(10-8-15)12-14-5-6-17(21)18(22)11-14/h2-6,11,15H,7-10,12H2,1H3,(H,24,26). The van der Waals surface area contributed by atoms with Crippen LogP contribution in [0.4, 0.5) is 4.39 Å². The van der Waals surface area contributed by atoms with Gasteiger partial charge in [-0.15, -0.1) is 0 Å². The number of rotatable bonds is 4. The molecule has 0 unspecified atom stereocenters. The molecule has 0 saturated carbocycles. The van der Waals surface area contributed by atoms with E-state index in [0.29, 0.717) is 21.2 Å².